The highest BCUT2D eigenvalue weighted by Crippen LogP contribution is 2.29. The molecule has 0 radical (unpaired) electrons. The van der Waals surface area contributed by atoms with Crippen molar-refractivity contribution >= 4 is 0 Å². The Morgan fingerprint density at radius 1 is 1.20 bits per heavy atom. The Morgan fingerprint density at radius 3 is 2.30 bits per heavy atom. The second-order valence-electron chi connectivity index (χ2n) is 4.29. The first-order valence-corrected chi connectivity index (χ1v) is 6.13. The van der Waals surface area contributed by atoms with Crippen molar-refractivity contribution in [2.75, 3.05) is 0 Å². The molecule has 0 unspecified atom stereocenters. The van der Waals surface area contributed by atoms with Gasteiger partial charge in [-0.25, -0.2) is 9.67 Å². The largest absolute Gasteiger partial charge is 0.416 e. The van der Waals surface area contributed by atoms with E-state index in [9.17, 15) is 13.2 Å². The smallest absolute Gasteiger partial charge is 0.388 e. The lowest BCUT2D eigenvalue weighted by atomic mass is 10.1. The quantitative estimate of drug-likeness (QED) is 0.938. The van der Waals surface area contributed by atoms with Gasteiger partial charge in [-0.2, -0.15) is 18.3 Å². The fourth-order valence-corrected chi connectivity index (χ4v) is 1.87. The van der Waals surface area contributed by atoms with Gasteiger partial charge in [-0.1, -0.05) is 12.1 Å². The SMILES string of the molecule is CCn1nc(Cc2ccc(C(F)(F)F)cc2)nc1CO. The van der Waals surface area contributed by atoms with Crippen molar-refractivity contribution in [1.29, 1.82) is 0 Å². The molecule has 108 valence electrons. The molecule has 1 aromatic carbocycles. The van der Waals surface area contributed by atoms with E-state index >= 15 is 0 Å². The molecular weight excluding hydrogens is 271 g/mol. The minimum Gasteiger partial charge on any atom is -0.388 e. The van der Waals surface area contributed by atoms with Crippen LogP contribution in [-0.2, 0) is 25.7 Å². The van der Waals surface area contributed by atoms with Crippen LogP contribution in [0.4, 0.5) is 13.2 Å². The van der Waals surface area contributed by atoms with Crippen LogP contribution in [0.1, 0.15) is 29.7 Å². The molecule has 0 atom stereocenters. The molecule has 0 fully saturated rings. The fraction of sp³-hybridized carbons (Fsp3) is 0.385. The number of aliphatic hydroxyl groups excluding tert-OH is 1. The first kappa shape index (κ1) is 14.5. The molecule has 20 heavy (non-hydrogen) atoms. The molecule has 0 aliphatic carbocycles. The molecule has 2 rings (SSSR count). The van der Waals surface area contributed by atoms with Crippen molar-refractivity contribution < 1.29 is 18.3 Å². The Hall–Kier alpha value is -1.89. The lowest BCUT2D eigenvalue weighted by Crippen LogP contribution is -2.04. The van der Waals surface area contributed by atoms with Gasteiger partial charge in [-0.3, -0.25) is 0 Å². The van der Waals surface area contributed by atoms with Gasteiger partial charge in [0.2, 0.25) is 0 Å². The normalized spacial score (nSPS) is 11.8. The summed E-state index contributed by atoms with van der Waals surface area (Å²) in [7, 11) is 0. The van der Waals surface area contributed by atoms with Gasteiger partial charge in [0.15, 0.2) is 11.6 Å². The zero-order valence-corrected chi connectivity index (χ0v) is 10.9. The van der Waals surface area contributed by atoms with Crippen molar-refractivity contribution in [2.45, 2.75) is 32.7 Å². The first-order valence-electron chi connectivity index (χ1n) is 6.13. The third-order valence-electron chi connectivity index (χ3n) is 2.88. The third kappa shape index (κ3) is 3.16. The average molecular weight is 285 g/mol. The van der Waals surface area contributed by atoms with Gasteiger partial charge in [0, 0.05) is 13.0 Å². The lowest BCUT2D eigenvalue weighted by molar-refractivity contribution is -0.137. The predicted octanol–water partition coefficient (Wildman–Crippen LogP) is 2.40. The summed E-state index contributed by atoms with van der Waals surface area (Å²) in [5.74, 6) is 0.935. The van der Waals surface area contributed by atoms with Crippen molar-refractivity contribution in [3.8, 4) is 0 Å². The zero-order chi connectivity index (χ0) is 14.8. The standard InChI is InChI=1S/C13H14F3N3O/c1-2-19-12(8-20)17-11(18-19)7-9-3-5-10(6-4-9)13(14,15)16/h3-6,20H,2,7-8H2,1H3. The van der Waals surface area contributed by atoms with E-state index < -0.39 is 11.7 Å². The molecule has 0 spiro atoms. The summed E-state index contributed by atoms with van der Waals surface area (Å²) in [4.78, 5) is 4.15. The second kappa shape index (κ2) is 5.62. The molecule has 0 amide bonds. The number of aryl methyl sites for hydroxylation is 1. The molecule has 1 heterocycles. The van der Waals surface area contributed by atoms with Gasteiger partial charge >= 0.3 is 6.18 Å². The van der Waals surface area contributed by atoms with Crippen LogP contribution in [0.15, 0.2) is 24.3 Å². The molecule has 0 aliphatic rings. The molecule has 1 N–H and O–H groups in total. The summed E-state index contributed by atoms with van der Waals surface area (Å²) < 4.78 is 38.9. The summed E-state index contributed by atoms with van der Waals surface area (Å²) in [6, 6.07) is 4.90. The second-order valence-corrected chi connectivity index (χ2v) is 4.29. The van der Waals surface area contributed by atoms with Crippen molar-refractivity contribution in [2.24, 2.45) is 0 Å². The molecule has 0 saturated carbocycles. The van der Waals surface area contributed by atoms with E-state index in [-0.39, 0.29) is 6.61 Å². The summed E-state index contributed by atoms with van der Waals surface area (Å²) >= 11 is 0. The number of rotatable bonds is 4. The van der Waals surface area contributed by atoms with Gasteiger partial charge in [-0.05, 0) is 24.6 Å². The lowest BCUT2D eigenvalue weighted by Gasteiger charge is -2.06. The van der Waals surface area contributed by atoms with Crippen LogP contribution < -0.4 is 0 Å². The molecule has 1 aromatic heterocycles. The summed E-state index contributed by atoms with van der Waals surface area (Å²) in [5.41, 5.74) is 0.0140. The number of halogens is 3. The van der Waals surface area contributed by atoms with Crippen LogP contribution in [0, 0.1) is 0 Å². The molecule has 2 aromatic rings. The summed E-state index contributed by atoms with van der Waals surface area (Å²) in [6.45, 7) is 2.24. The minimum atomic E-state index is -4.33. The number of hydrogen-bond acceptors (Lipinski definition) is 3. The van der Waals surface area contributed by atoms with E-state index in [0.29, 0.717) is 30.2 Å². The van der Waals surface area contributed by atoms with Crippen molar-refractivity contribution in [3.05, 3.63) is 47.0 Å². The van der Waals surface area contributed by atoms with E-state index in [2.05, 4.69) is 10.1 Å². The third-order valence-corrected chi connectivity index (χ3v) is 2.88. The maximum atomic E-state index is 12.4. The Labute approximate surface area is 113 Å². The average Bonchev–Trinajstić information content (AvgIpc) is 2.80. The molecule has 0 bridgehead atoms. The van der Waals surface area contributed by atoms with Crippen LogP contribution in [0.3, 0.4) is 0 Å². The van der Waals surface area contributed by atoms with Crippen LogP contribution >= 0.6 is 0 Å². The number of nitrogens with zero attached hydrogens (tertiary/aromatic N) is 3. The number of aromatic nitrogens is 3. The Bertz CT molecular complexity index is 554. The van der Waals surface area contributed by atoms with Crippen LogP contribution in [0.25, 0.3) is 0 Å². The predicted molar refractivity (Wildman–Crippen MR) is 65.9 cm³/mol. The number of benzene rings is 1. The van der Waals surface area contributed by atoms with Crippen molar-refractivity contribution in [3.63, 3.8) is 0 Å². The van der Waals surface area contributed by atoms with Gasteiger partial charge in [-0.15, -0.1) is 0 Å². The summed E-state index contributed by atoms with van der Waals surface area (Å²) in [6.07, 6.45) is -4.00. The zero-order valence-electron chi connectivity index (χ0n) is 10.9. The van der Waals surface area contributed by atoms with Gasteiger partial charge in [0.1, 0.15) is 6.61 Å². The van der Waals surface area contributed by atoms with Gasteiger partial charge in [0.25, 0.3) is 0 Å². The number of aliphatic hydroxyl groups is 1. The van der Waals surface area contributed by atoms with Crippen molar-refractivity contribution in [1.82, 2.24) is 14.8 Å². The van der Waals surface area contributed by atoms with Crippen LogP contribution in [0.2, 0.25) is 0 Å². The van der Waals surface area contributed by atoms with E-state index in [1.165, 1.54) is 12.1 Å². The van der Waals surface area contributed by atoms with E-state index in [4.69, 9.17) is 5.11 Å². The molecule has 0 saturated heterocycles. The van der Waals surface area contributed by atoms with Gasteiger partial charge in [0.05, 0.1) is 5.56 Å². The monoisotopic (exact) mass is 285 g/mol. The first-order chi connectivity index (χ1) is 9.44. The fourth-order valence-electron chi connectivity index (χ4n) is 1.87. The highest BCUT2D eigenvalue weighted by atomic mass is 19.4. The van der Waals surface area contributed by atoms with Crippen LogP contribution in [-0.4, -0.2) is 19.9 Å². The topological polar surface area (TPSA) is 50.9 Å². The van der Waals surface area contributed by atoms with E-state index in [1.807, 2.05) is 6.92 Å². The summed E-state index contributed by atoms with van der Waals surface area (Å²) in [5, 5.41) is 13.3. The molecule has 4 nitrogen and oxygen atoms in total. The Morgan fingerprint density at radius 2 is 1.85 bits per heavy atom. The molecular formula is C13H14F3N3O. The molecule has 0 aliphatic heterocycles. The Kier molecular flexibility index (Phi) is 4.08. The molecule has 7 heteroatoms. The minimum absolute atomic E-state index is 0.214. The highest BCUT2D eigenvalue weighted by molar-refractivity contribution is 5.26. The number of alkyl halides is 3. The maximum Gasteiger partial charge on any atom is 0.416 e. The Balaban J connectivity index is 2.16. The maximum absolute atomic E-state index is 12.4. The highest BCUT2D eigenvalue weighted by Gasteiger charge is 2.29. The van der Waals surface area contributed by atoms with E-state index in [0.717, 1.165) is 12.1 Å². The number of hydrogen-bond donors (Lipinski definition) is 1. The van der Waals surface area contributed by atoms with E-state index in [1.54, 1.807) is 4.68 Å². The van der Waals surface area contributed by atoms with Crippen LogP contribution in [0.5, 0.6) is 0 Å². The van der Waals surface area contributed by atoms with Gasteiger partial charge < -0.3 is 5.11 Å².